The van der Waals surface area contributed by atoms with Crippen molar-refractivity contribution < 1.29 is 4.79 Å². The van der Waals surface area contributed by atoms with E-state index in [-0.39, 0.29) is 5.91 Å². The highest BCUT2D eigenvalue weighted by Gasteiger charge is 2.10. The van der Waals surface area contributed by atoms with Gasteiger partial charge in [0.25, 0.3) is 5.91 Å². The number of carbonyl (C=O) groups excluding carboxylic acids is 1. The number of aryl methyl sites for hydroxylation is 1. The molecule has 2 rings (SSSR count). The lowest BCUT2D eigenvalue weighted by Crippen LogP contribution is -2.23. The van der Waals surface area contributed by atoms with Crippen molar-refractivity contribution in [2.45, 2.75) is 13.5 Å². The molecule has 0 aliphatic heterocycles. The summed E-state index contributed by atoms with van der Waals surface area (Å²) < 4.78 is 0. The minimum Gasteiger partial charge on any atom is -0.399 e. The molecule has 98 valence electrons. The Bertz CT molecular complexity index is 613. The Balaban J connectivity index is 2.10. The summed E-state index contributed by atoms with van der Waals surface area (Å²) in [7, 11) is 0. The molecule has 4 nitrogen and oxygen atoms in total. The fraction of sp³-hybridized carbons (Fsp3) is 0.143. The minimum absolute atomic E-state index is 0.249. The zero-order valence-corrected chi connectivity index (χ0v) is 11.2. The quantitative estimate of drug-likeness (QED) is 0.846. The number of carbonyl (C=O) groups is 1. The third-order valence-electron chi connectivity index (χ3n) is 2.82. The Morgan fingerprint density at radius 1 is 1.42 bits per heavy atom. The molecule has 0 spiro atoms. The van der Waals surface area contributed by atoms with Crippen LogP contribution in [0, 0.1) is 6.92 Å². The van der Waals surface area contributed by atoms with Crippen LogP contribution in [0.4, 0.5) is 5.69 Å². The highest BCUT2D eigenvalue weighted by molar-refractivity contribution is 6.34. The van der Waals surface area contributed by atoms with Gasteiger partial charge in [0, 0.05) is 24.6 Å². The van der Waals surface area contributed by atoms with E-state index < -0.39 is 0 Å². The van der Waals surface area contributed by atoms with Crippen LogP contribution in [0.1, 0.15) is 21.5 Å². The molecule has 1 aromatic carbocycles. The zero-order chi connectivity index (χ0) is 13.8. The summed E-state index contributed by atoms with van der Waals surface area (Å²) in [6.45, 7) is 2.38. The molecule has 0 aliphatic carbocycles. The molecule has 5 heteroatoms. The second-order valence-corrected chi connectivity index (χ2v) is 4.63. The molecule has 0 unspecified atom stereocenters. The summed E-state index contributed by atoms with van der Waals surface area (Å²) in [5, 5.41) is 3.19. The Labute approximate surface area is 116 Å². The first kappa shape index (κ1) is 13.4. The van der Waals surface area contributed by atoms with Crippen molar-refractivity contribution in [2.75, 3.05) is 5.73 Å². The van der Waals surface area contributed by atoms with Gasteiger partial charge in [-0.3, -0.25) is 9.78 Å². The van der Waals surface area contributed by atoms with Crippen LogP contribution in [0.2, 0.25) is 5.02 Å². The normalized spacial score (nSPS) is 10.2. The molecule has 0 aliphatic rings. The molecule has 0 bridgehead atoms. The average Bonchev–Trinajstić information content (AvgIpc) is 2.40. The number of nitrogens with two attached hydrogens (primary N) is 1. The van der Waals surface area contributed by atoms with Gasteiger partial charge >= 0.3 is 0 Å². The lowest BCUT2D eigenvalue weighted by Gasteiger charge is -2.09. The molecule has 0 saturated heterocycles. The van der Waals surface area contributed by atoms with Gasteiger partial charge in [-0.2, -0.15) is 0 Å². The number of nitrogen functional groups attached to an aromatic ring is 1. The Kier molecular flexibility index (Phi) is 4.02. The van der Waals surface area contributed by atoms with Crippen LogP contribution in [0.3, 0.4) is 0 Å². The molecule has 0 atom stereocenters. The first-order valence-corrected chi connectivity index (χ1v) is 6.18. The number of aromatic nitrogens is 1. The molecule has 0 radical (unpaired) electrons. The number of benzene rings is 1. The lowest BCUT2D eigenvalue weighted by atomic mass is 10.1. The maximum Gasteiger partial charge on any atom is 0.253 e. The van der Waals surface area contributed by atoms with Crippen LogP contribution < -0.4 is 11.1 Å². The molecule has 3 N–H and O–H groups in total. The number of nitrogens with zero attached hydrogens (tertiary/aromatic N) is 1. The van der Waals surface area contributed by atoms with Crippen LogP contribution in [-0.2, 0) is 6.54 Å². The molecule has 1 amide bonds. The van der Waals surface area contributed by atoms with E-state index in [0.717, 1.165) is 11.1 Å². The third-order valence-corrected chi connectivity index (χ3v) is 3.15. The maximum atomic E-state index is 12.0. The van der Waals surface area contributed by atoms with Gasteiger partial charge in [-0.1, -0.05) is 11.6 Å². The summed E-state index contributed by atoms with van der Waals surface area (Å²) in [6.07, 6.45) is 3.45. The van der Waals surface area contributed by atoms with Gasteiger partial charge in [0.05, 0.1) is 10.6 Å². The number of anilines is 1. The Morgan fingerprint density at radius 2 is 2.21 bits per heavy atom. The highest BCUT2D eigenvalue weighted by Crippen LogP contribution is 2.18. The van der Waals surface area contributed by atoms with E-state index in [1.165, 1.54) is 0 Å². The number of rotatable bonds is 3. The first-order valence-electron chi connectivity index (χ1n) is 5.80. The second-order valence-electron chi connectivity index (χ2n) is 4.22. The van der Waals surface area contributed by atoms with Crippen molar-refractivity contribution in [1.82, 2.24) is 10.3 Å². The average molecular weight is 276 g/mol. The largest absolute Gasteiger partial charge is 0.399 e. The standard InChI is InChI=1S/C14H14ClN3O/c1-9-4-5-17-7-10(9)8-18-14(19)12-6-11(16)2-3-13(12)15/h2-7H,8,16H2,1H3,(H,18,19). The number of halogens is 1. The topological polar surface area (TPSA) is 68.0 Å². The van der Waals surface area contributed by atoms with Crippen molar-refractivity contribution in [1.29, 1.82) is 0 Å². The van der Waals surface area contributed by atoms with Crippen molar-refractivity contribution in [3.05, 3.63) is 58.4 Å². The van der Waals surface area contributed by atoms with E-state index in [9.17, 15) is 4.79 Å². The van der Waals surface area contributed by atoms with Gasteiger partial charge in [-0.25, -0.2) is 0 Å². The number of hydrogen-bond acceptors (Lipinski definition) is 3. The Morgan fingerprint density at radius 3 is 2.95 bits per heavy atom. The molecule has 0 saturated carbocycles. The minimum atomic E-state index is -0.249. The summed E-state index contributed by atoms with van der Waals surface area (Å²) in [5.41, 5.74) is 8.58. The van der Waals surface area contributed by atoms with Crippen LogP contribution in [-0.4, -0.2) is 10.9 Å². The molecule has 19 heavy (non-hydrogen) atoms. The fourth-order valence-electron chi connectivity index (χ4n) is 1.67. The van der Waals surface area contributed by atoms with Crippen LogP contribution >= 0.6 is 11.6 Å². The zero-order valence-electron chi connectivity index (χ0n) is 10.5. The lowest BCUT2D eigenvalue weighted by molar-refractivity contribution is 0.0951. The van der Waals surface area contributed by atoms with E-state index in [0.29, 0.717) is 22.8 Å². The van der Waals surface area contributed by atoms with Crippen molar-refractivity contribution in [2.24, 2.45) is 0 Å². The molecular formula is C14H14ClN3O. The van der Waals surface area contributed by atoms with Crippen molar-refractivity contribution in [3.8, 4) is 0 Å². The van der Waals surface area contributed by atoms with Crippen molar-refractivity contribution in [3.63, 3.8) is 0 Å². The molecule has 1 heterocycles. The van der Waals surface area contributed by atoms with Gasteiger partial charge in [-0.05, 0) is 42.3 Å². The smallest absolute Gasteiger partial charge is 0.253 e. The van der Waals surface area contributed by atoms with Crippen LogP contribution in [0.25, 0.3) is 0 Å². The predicted octanol–water partition coefficient (Wildman–Crippen LogP) is 2.56. The van der Waals surface area contributed by atoms with Crippen molar-refractivity contribution >= 4 is 23.2 Å². The Hall–Kier alpha value is -2.07. The van der Waals surface area contributed by atoms with Gasteiger partial charge in [0.2, 0.25) is 0 Å². The van der Waals surface area contributed by atoms with E-state index >= 15 is 0 Å². The molecule has 0 fully saturated rings. The third kappa shape index (κ3) is 3.23. The summed E-state index contributed by atoms with van der Waals surface area (Å²) >= 11 is 5.98. The van der Waals surface area contributed by atoms with E-state index in [2.05, 4.69) is 10.3 Å². The first-order chi connectivity index (χ1) is 9.08. The number of hydrogen-bond donors (Lipinski definition) is 2. The molecule has 2 aromatic rings. The number of pyridine rings is 1. The monoisotopic (exact) mass is 275 g/mol. The second kappa shape index (κ2) is 5.71. The number of nitrogens with one attached hydrogen (secondary N) is 1. The SMILES string of the molecule is Cc1ccncc1CNC(=O)c1cc(N)ccc1Cl. The van der Waals surface area contributed by atoms with Crippen LogP contribution in [0.5, 0.6) is 0 Å². The highest BCUT2D eigenvalue weighted by atomic mass is 35.5. The van der Waals surface area contributed by atoms with E-state index in [1.807, 2.05) is 13.0 Å². The van der Waals surface area contributed by atoms with E-state index in [1.54, 1.807) is 30.6 Å². The van der Waals surface area contributed by atoms with Gasteiger partial charge in [-0.15, -0.1) is 0 Å². The van der Waals surface area contributed by atoms with E-state index in [4.69, 9.17) is 17.3 Å². The van der Waals surface area contributed by atoms with Gasteiger partial charge < -0.3 is 11.1 Å². The predicted molar refractivity (Wildman–Crippen MR) is 76.0 cm³/mol. The summed E-state index contributed by atoms with van der Waals surface area (Å²) in [6, 6.07) is 6.73. The molecular weight excluding hydrogens is 262 g/mol. The van der Waals surface area contributed by atoms with Gasteiger partial charge in [0.15, 0.2) is 0 Å². The maximum absolute atomic E-state index is 12.0. The number of amides is 1. The van der Waals surface area contributed by atoms with Gasteiger partial charge in [0.1, 0.15) is 0 Å². The summed E-state index contributed by atoms with van der Waals surface area (Å²) in [5.74, 6) is -0.249. The fourth-order valence-corrected chi connectivity index (χ4v) is 1.87. The van der Waals surface area contributed by atoms with Crippen LogP contribution in [0.15, 0.2) is 36.7 Å². The molecule has 1 aromatic heterocycles. The summed E-state index contributed by atoms with van der Waals surface area (Å²) in [4.78, 5) is 16.1.